The van der Waals surface area contributed by atoms with E-state index in [4.69, 9.17) is 0 Å². The van der Waals surface area contributed by atoms with E-state index in [2.05, 4.69) is 10.2 Å². The van der Waals surface area contributed by atoms with Crippen LogP contribution in [0.2, 0.25) is 0 Å². The van der Waals surface area contributed by atoms with E-state index >= 15 is 0 Å². The number of benzene rings is 1. The molecule has 0 atom stereocenters. The average Bonchev–Trinajstić information content (AvgIpc) is 2.49. The molecule has 0 saturated heterocycles. The van der Waals surface area contributed by atoms with Crippen molar-refractivity contribution in [3.63, 3.8) is 0 Å². The quantitative estimate of drug-likeness (QED) is 0.780. The zero-order valence-corrected chi connectivity index (χ0v) is 10.9. The molecular weight excluding hydrogens is 356 g/mol. The van der Waals surface area contributed by atoms with Gasteiger partial charge in [-0.25, -0.2) is 0 Å². The van der Waals surface area contributed by atoms with E-state index in [1.54, 1.807) is 12.3 Å². The molecule has 0 aliphatic heterocycles. The van der Waals surface area contributed by atoms with Crippen LogP contribution in [0.1, 0.15) is 5.56 Å². The topological polar surface area (TPSA) is 27.0 Å². The van der Waals surface area contributed by atoms with Gasteiger partial charge in [-0.05, 0) is 17.9 Å². The Kier molecular flexibility index (Phi) is 3.55. The Bertz CT molecular complexity index is 415. The van der Waals surface area contributed by atoms with Crippen LogP contribution in [-0.4, -0.2) is 5.10 Å². The minimum atomic E-state index is 0. The van der Waals surface area contributed by atoms with Gasteiger partial charge in [0.25, 0.3) is 0 Å². The van der Waals surface area contributed by atoms with Crippen LogP contribution >= 0.6 is 12.1 Å². The van der Waals surface area contributed by atoms with Crippen LogP contribution in [-0.2, 0) is 22.4 Å². The fourth-order valence-corrected chi connectivity index (χ4v) is 1.46. The average molecular weight is 362 g/mol. The van der Waals surface area contributed by atoms with Gasteiger partial charge in [0.2, 0.25) is 0 Å². The first-order chi connectivity index (χ1) is 5.81. The van der Waals surface area contributed by atoms with Crippen LogP contribution in [0.25, 0.3) is 10.9 Å². The van der Waals surface area contributed by atoms with Crippen molar-refractivity contribution in [2.75, 3.05) is 0 Å². The molecule has 0 saturated carbocycles. The van der Waals surface area contributed by atoms with E-state index in [1.807, 2.05) is 13.0 Å². The van der Waals surface area contributed by atoms with E-state index in [-0.39, 0.29) is 34.5 Å². The summed E-state index contributed by atoms with van der Waals surface area (Å²) in [6.07, 6.45) is 1.68. The molecule has 0 fully saturated rings. The Morgan fingerprint density at radius 3 is 2.92 bits per heavy atom. The van der Waals surface area contributed by atoms with Crippen molar-refractivity contribution < 1.29 is 26.3 Å². The summed E-state index contributed by atoms with van der Waals surface area (Å²) in [5, 5.41) is 8.54. The first-order valence-electron chi connectivity index (χ1n) is 3.48. The molecule has 0 aliphatic rings. The molecule has 0 bridgehead atoms. The molecule has 67 valence electrons. The van der Waals surface area contributed by atoms with Gasteiger partial charge in [-0.3, -0.25) is 0 Å². The molecule has 1 radical (unpaired) electrons. The van der Waals surface area contributed by atoms with Crippen LogP contribution in [0.5, 0.6) is 0 Å². The van der Waals surface area contributed by atoms with Crippen LogP contribution < -0.4 is 5.10 Å². The van der Waals surface area contributed by atoms with Gasteiger partial charge in [-0.1, -0.05) is 12.1 Å². The van der Waals surface area contributed by atoms with Crippen LogP contribution in [0.3, 0.4) is 0 Å². The van der Waals surface area contributed by atoms with Gasteiger partial charge in [-0.2, -0.15) is 3.89 Å². The second kappa shape index (κ2) is 4.28. The molecule has 2 aromatic rings. The second-order valence-corrected chi connectivity index (χ2v) is 3.19. The monoisotopic (exact) mass is 362 g/mol. The van der Waals surface area contributed by atoms with Crippen molar-refractivity contribution in [1.82, 2.24) is 10.2 Å². The number of hydrogen-bond acceptors (Lipinski definition) is 2. The van der Waals surface area contributed by atoms with Gasteiger partial charge >= 0.3 is 0 Å². The maximum atomic E-state index is 12.3. The number of rotatable bonds is 1. The largest absolute Gasteiger partial charge is 0.575 e. The fraction of sp³-hybridized carbons (Fsp3) is 0.125. The maximum absolute atomic E-state index is 12.3. The number of nitrogens with zero attached hydrogens (tertiary/aromatic N) is 2. The fourth-order valence-electron chi connectivity index (χ4n) is 1.13. The Balaban J connectivity index is 0.000000845. The Hall–Kier alpha value is -0.290. The molecule has 2 nitrogen and oxygen atoms in total. The first-order valence-corrected chi connectivity index (χ1v) is 4.20. The summed E-state index contributed by atoms with van der Waals surface area (Å²) < 4.78 is 12.3. The smallest absolute Gasteiger partial charge is 0.0814 e. The molecule has 0 N–H and O–H groups in total. The number of halogens is 1. The maximum Gasteiger partial charge on any atom is 0.0814 e. The summed E-state index contributed by atoms with van der Waals surface area (Å²) in [5.41, 5.74) is 1.67. The normalized spacial score (nSPS) is 10.0. The standard InChI is InChI=1S/C8H6FN2S.Ta/c1-5-2-6-4-10-11-7(6)3-8(5)12-9;/h2-4H,1H3;/q-1;. The minimum Gasteiger partial charge on any atom is -0.575 e. The van der Waals surface area contributed by atoms with E-state index in [0.29, 0.717) is 4.90 Å². The third-order valence-corrected chi connectivity index (χ3v) is 2.38. The van der Waals surface area contributed by atoms with Gasteiger partial charge in [-0.15, -0.1) is 5.52 Å². The van der Waals surface area contributed by atoms with Crippen molar-refractivity contribution in [2.45, 2.75) is 11.8 Å². The molecule has 1 aromatic heterocycles. The van der Waals surface area contributed by atoms with E-state index in [9.17, 15) is 3.89 Å². The summed E-state index contributed by atoms with van der Waals surface area (Å²) in [7, 11) is 0. The predicted molar refractivity (Wildman–Crippen MR) is 46.8 cm³/mol. The van der Waals surface area contributed by atoms with Gasteiger partial charge in [0.15, 0.2) is 0 Å². The minimum absolute atomic E-state index is 0. The van der Waals surface area contributed by atoms with Gasteiger partial charge < -0.3 is 10.2 Å². The van der Waals surface area contributed by atoms with Crippen molar-refractivity contribution in [3.8, 4) is 0 Å². The zero-order chi connectivity index (χ0) is 8.55. The zero-order valence-electron chi connectivity index (χ0n) is 6.86. The summed E-state index contributed by atoms with van der Waals surface area (Å²) in [5.74, 6) is 0. The molecule has 0 spiro atoms. The Labute approximate surface area is 95.1 Å². The molecular formula is C8H6FN2STa-. The van der Waals surface area contributed by atoms with Gasteiger partial charge in [0.05, 0.1) is 12.1 Å². The summed E-state index contributed by atoms with van der Waals surface area (Å²) >= 11 is 0.246. The molecule has 5 heteroatoms. The van der Waals surface area contributed by atoms with Crippen molar-refractivity contribution in [3.05, 3.63) is 23.9 Å². The first kappa shape index (κ1) is 10.8. The third-order valence-electron chi connectivity index (χ3n) is 1.77. The van der Waals surface area contributed by atoms with Crippen LogP contribution in [0.4, 0.5) is 3.89 Å². The number of fused-ring (bicyclic) bond motifs is 1. The van der Waals surface area contributed by atoms with Crippen molar-refractivity contribution >= 4 is 23.1 Å². The van der Waals surface area contributed by atoms with Crippen molar-refractivity contribution in [2.24, 2.45) is 0 Å². The SMILES string of the molecule is Cc1cc2cn[n-]c2cc1SF.[Ta]. The Morgan fingerprint density at radius 2 is 2.23 bits per heavy atom. The van der Waals surface area contributed by atoms with E-state index in [0.717, 1.165) is 16.5 Å². The molecule has 1 heterocycles. The van der Waals surface area contributed by atoms with Crippen LogP contribution in [0.15, 0.2) is 23.2 Å². The van der Waals surface area contributed by atoms with Gasteiger partial charge in [0, 0.05) is 33.5 Å². The van der Waals surface area contributed by atoms with Crippen molar-refractivity contribution in [1.29, 1.82) is 0 Å². The number of aromatic nitrogens is 2. The van der Waals surface area contributed by atoms with E-state index in [1.165, 1.54) is 0 Å². The molecule has 13 heavy (non-hydrogen) atoms. The van der Waals surface area contributed by atoms with E-state index < -0.39 is 0 Å². The molecule has 0 amide bonds. The molecule has 0 unspecified atom stereocenters. The molecule has 2 rings (SSSR count). The molecule has 0 aliphatic carbocycles. The Morgan fingerprint density at radius 1 is 1.46 bits per heavy atom. The summed E-state index contributed by atoms with van der Waals surface area (Å²) in [4.78, 5) is 0.614. The molecule has 1 aromatic carbocycles. The second-order valence-electron chi connectivity index (χ2n) is 2.60. The van der Waals surface area contributed by atoms with Crippen LogP contribution in [0, 0.1) is 6.92 Å². The van der Waals surface area contributed by atoms with Gasteiger partial charge in [0.1, 0.15) is 0 Å². The summed E-state index contributed by atoms with van der Waals surface area (Å²) in [6.45, 7) is 1.87. The summed E-state index contributed by atoms with van der Waals surface area (Å²) in [6, 6.07) is 3.60. The third kappa shape index (κ3) is 1.96. The number of aryl methyl sites for hydroxylation is 1. The predicted octanol–water partition coefficient (Wildman–Crippen LogP) is 2.47. The number of hydrogen-bond donors (Lipinski definition) is 0.